The van der Waals surface area contributed by atoms with Gasteiger partial charge in [-0.2, -0.15) is 0 Å². The van der Waals surface area contributed by atoms with E-state index in [0.717, 1.165) is 37.0 Å². The lowest BCUT2D eigenvalue weighted by molar-refractivity contribution is -0.142. The van der Waals surface area contributed by atoms with E-state index in [9.17, 15) is 9.59 Å². The SMILES string of the molecule is COc1ccc(C2C(C(=O)NC3C4CCCC3CC(N)C4)CCC(=O)N2C)cc1. The van der Waals surface area contributed by atoms with E-state index in [1.165, 1.54) is 6.42 Å². The second-order valence-corrected chi connectivity index (χ2v) is 9.08. The van der Waals surface area contributed by atoms with Crippen LogP contribution in [0.2, 0.25) is 0 Å². The Bertz CT molecular complexity index is 736. The summed E-state index contributed by atoms with van der Waals surface area (Å²) in [5.41, 5.74) is 7.23. The number of nitrogens with zero attached hydrogens (tertiary/aromatic N) is 1. The Kier molecular flexibility index (Phi) is 5.81. The van der Waals surface area contributed by atoms with Crippen LogP contribution in [0.4, 0.5) is 0 Å². The molecule has 0 radical (unpaired) electrons. The number of hydrogen-bond acceptors (Lipinski definition) is 4. The van der Waals surface area contributed by atoms with Crippen LogP contribution in [-0.4, -0.2) is 43.0 Å². The quantitative estimate of drug-likeness (QED) is 0.815. The smallest absolute Gasteiger partial charge is 0.225 e. The normalized spacial score (nSPS) is 34.6. The van der Waals surface area contributed by atoms with Crippen LogP contribution < -0.4 is 15.8 Å². The third kappa shape index (κ3) is 4.00. The summed E-state index contributed by atoms with van der Waals surface area (Å²) >= 11 is 0. The predicted octanol–water partition coefficient (Wildman–Crippen LogP) is 2.63. The van der Waals surface area contributed by atoms with Crippen LogP contribution in [-0.2, 0) is 9.59 Å². The molecular weight excluding hydrogens is 366 g/mol. The third-order valence-corrected chi connectivity index (χ3v) is 7.34. The minimum atomic E-state index is -0.243. The highest BCUT2D eigenvalue weighted by Crippen LogP contribution is 2.41. The zero-order valence-corrected chi connectivity index (χ0v) is 17.5. The highest BCUT2D eigenvalue weighted by molar-refractivity contribution is 5.85. The molecule has 1 aliphatic heterocycles. The number of fused-ring (bicyclic) bond motifs is 2. The van der Waals surface area contributed by atoms with Gasteiger partial charge in [0.1, 0.15) is 5.75 Å². The highest BCUT2D eigenvalue weighted by atomic mass is 16.5. The zero-order valence-electron chi connectivity index (χ0n) is 17.5. The van der Waals surface area contributed by atoms with Gasteiger partial charge in [0.15, 0.2) is 0 Å². The van der Waals surface area contributed by atoms with Crippen molar-refractivity contribution in [2.75, 3.05) is 14.2 Å². The topological polar surface area (TPSA) is 84.7 Å². The van der Waals surface area contributed by atoms with E-state index >= 15 is 0 Å². The molecule has 1 aromatic carbocycles. The maximum atomic E-state index is 13.4. The molecule has 4 atom stereocenters. The van der Waals surface area contributed by atoms with Crippen LogP contribution in [0.1, 0.15) is 56.6 Å². The van der Waals surface area contributed by atoms with E-state index in [4.69, 9.17) is 10.5 Å². The average Bonchev–Trinajstić information content (AvgIpc) is 2.70. The Morgan fingerprint density at radius 1 is 1.14 bits per heavy atom. The Morgan fingerprint density at radius 3 is 2.41 bits per heavy atom. The second-order valence-electron chi connectivity index (χ2n) is 9.08. The Labute approximate surface area is 173 Å². The van der Waals surface area contributed by atoms with Gasteiger partial charge in [0.05, 0.1) is 19.1 Å². The summed E-state index contributed by atoms with van der Waals surface area (Å²) < 4.78 is 5.26. The summed E-state index contributed by atoms with van der Waals surface area (Å²) in [7, 11) is 3.44. The molecule has 3 aliphatic rings. The van der Waals surface area contributed by atoms with Gasteiger partial charge in [-0.05, 0) is 61.6 Å². The van der Waals surface area contributed by atoms with E-state index in [0.29, 0.717) is 24.7 Å². The Morgan fingerprint density at radius 2 is 1.79 bits per heavy atom. The van der Waals surface area contributed by atoms with Gasteiger partial charge in [0.2, 0.25) is 11.8 Å². The van der Waals surface area contributed by atoms with Crippen molar-refractivity contribution in [2.45, 2.75) is 63.1 Å². The maximum Gasteiger partial charge on any atom is 0.225 e. The van der Waals surface area contributed by atoms with Gasteiger partial charge < -0.3 is 20.7 Å². The second kappa shape index (κ2) is 8.34. The molecule has 6 nitrogen and oxygen atoms in total. The maximum absolute atomic E-state index is 13.4. The van der Waals surface area contributed by atoms with E-state index in [2.05, 4.69) is 5.32 Å². The first kappa shape index (κ1) is 20.2. The standard InChI is InChI=1S/C23H33N3O3/c1-26-20(27)11-10-19(22(26)14-6-8-18(29-2)9-7-14)23(28)25-21-15-4-3-5-16(21)13-17(24)12-15/h6-9,15-17,19,21-22H,3-5,10-13,24H2,1-2H3,(H,25,28). The molecule has 3 fully saturated rings. The number of nitrogens with two attached hydrogens (primary N) is 1. The van der Waals surface area contributed by atoms with Crippen molar-refractivity contribution in [3.63, 3.8) is 0 Å². The lowest BCUT2D eigenvalue weighted by atomic mass is 9.66. The first-order valence-corrected chi connectivity index (χ1v) is 10.9. The summed E-state index contributed by atoms with van der Waals surface area (Å²) in [5.74, 6) is 1.69. The summed E-state index contributed by atoms with van der Waals surface area (Å²) in [6.45, 7) is 0. The number of amides is 2. The molecule has 0 aromatic heterocycles. The molecule has 1 aromatic rings. The van der Waals surface area contributed by atoms with Crippen LogP contribution in [0.15, 0.2) is 24.3 Å². The molecule has 4 rings (SSSR count). The fraction of sp³-hybridized carbons (Fsp3) is 0.652. The summed E-state index contributed by atoms with van der Waals surface area (Å²) in [6, 6.07) is 7.97. The van der Waals surface area contributed by atoms with Crippen molar-refractivity contribution < 1.29 is 14.3 Å². The van der Waals surface area contributed by atoms with Gasteiger partial charge in [-0.3, -0.25) is 9.59 Å². The van der Waals surface area contributed by atoms with Gasteiger partial charge in [-0.15, -0.1) is 0 Å². The van der Waals surface area contributed by atoms with Crippen molar-refractivity contribution in [3.8, 4) is 5.75 Å². The van der Waals surface area contributed by atoms with Crippen LogP contribution in [0.5, 0.6) is 5.75 Å². The van der Waals surface area contributed by atoms with Crippen molar-refractivity contribution in [1.29, 1.82) is 0 Å². The minimum Gasteiger partial charge on any atom is -0.497 e. The average molecular weight is 400 g/mol. The number of hydrogen-bond donors (Lipinski definition) is 2. The minimum absolute atomic E-state index is 0.0857. The molecule has 2 saturated carbocycles. The molecule has 29 heavy (non-hydrogen) atoms. The van der Waals surface area contributed by atoms with Crippen LogP contribution in [0, 0.1) is 17.8 Å². The van der Waals surface area contributed by atoms with Gasteiger partial charge >= 0.3 is 0 Å². The highest BCUT2D eigenvalue weighted by Gasteiger charge is 2.43. The van der Waals surface area contributed by atoms with Gasteiger partial charge in [0, 0.05) is 25.6 Å². The molecule has 3 N–H and O–H groups in total. The summed E-state index contributed by atoms with van der Waals surface area (Å²) in [4.78, 5) is 27.6. The Hall–Kier alpha value is -2.08. The lowest BCUT2D eigenvalue weighted by Gasteiger charge is -2.46. The monoisotopic (exact) mass is 399 g/mol. The van der Waals surface area contributed by atoms with Crippen molar-refractivity contribution in [2.24, 2.45) is 23.5 Å². The fourth-order valence-corrected chi connectivity index (χ4v) is 5.87. The summed E-state index contributed by atoms with van der Waals surface area (Å²) in [6.07, 6.45) is 6.57. The fourth-order valence-electron chi connectivity index (χ4n) is 5.87. The molecule has 2 amide bonds. The third-order valence-electron chi connectivity index (χ3n) is 7.34. The number of carbonyl (C=O) groups is 2. The first-order valence-electron chi connectivity index (χ1n) is 10.9. The van der Waals surface area contributed by atoms with Gasteiger partial charge in [-0.1, -0.05) is 18.6 Å². The molecule has 2 aliphatic carbocycles. The van der Waals surface area contributed by atoms with E-state index in [1.807, 2.05) is 31.3 Å². The van der Waals surface area contributed by atoms with Gasteiger partial charge in [0.25, 0.3) is 0 Å². The molecule has 6 heteroatoms. The molecular formula is C23H33N3O3. The Balaban J connectivity index is 1.54. The molecule has 1 saturated heterocycles. The molecule has 2 bridgehead atoms. The van der Waals surface area contributed by atoms with Crippen LogP contribution in [0.25, 0.3) is 0 Å². The van der Waals surface area contributed by atoms with Crippen LogP contribution >= 0.6 is 0 Å². The van der Waals surface area contributed by atoms with Crippen molar-refractivity contribution >= 4 is 11.8 Å². The van der Waals surface area contributed by atoms with Crippen molar-refractivity contribution in [3.05, 3.63) is 29.8 Å². The number of benzene rings is 1. The molecule has 4 unspecified atom stereocenters. The summed E-state index contributed by atoms with van der Waals surface area (Å²) in [5, 5.41) is 3.41. The predicted molar refractivity (Wildman–Crippen MR) is 111 cm³/mol. The molecule has 1 heterocycles. The number of carbonyl (C=O) groups excluding carboxylic acids is 2. The lowest BCUT2D eigenvalue weighted by Crippen LogP contribution is -2.56. The van der Waals surface area contributed by atoms with Crippen LogP contribution in [0.3, 0.4) is 0 Å². The molecule has 158 valence electrons. The van der Waals surface area contributed by atoms with E-state index in [-0.39, 0.29) is 35.9 Å². The number of nitrogens with one attached hydrogen (secondary N) is 1. The molecule has 0 spiro atoms. The number of ether oxygens (including phenoxy) is 1. The number of piperidine rings is 1. The van der Waals surface area contributed by atoms with Crippen molar-refractivity contribution in [1.82, 2.24) is 10.2 Å². The first-order chi connectivity index (χ1) is 14.0. The number of rotatable bonds is 4. The number of likely N-dealkylation sites (tertiary alicyclic amines) is 1. The zero-order chi connectivity index (χ0) is 20.5. The number of methoxy groups -OCH3 is 1. The largest absolute Gasteiger partial charge is 0.497 e. The van der Waals surface area contributed by atoms with E-state index in [1.54, 1.807) is 12.0 Å². The van der Waals surface area contributed by atoms with Gasteiger partial charge in [-0.25, -0.2) is 0 Å². The van der Waals surface area contributed by atoms with E-state index < -0.39 is 0 Å².